The minimum Gasteiger partial charge on any atom is -0.488 e. The van der Waals surface area contributed by atoms with Crippen LogP contribution in [0.5, 0.6) is 0 Å². The number of nitrogens with one attached hydrogen (secondary N) is 2. The van der Waals surface area contributed by atoms with Gasteiger partial charge in [0.15, 0.2) is 0 Å². The third kappa shape index (κ3) is 7.08. The molecule has 0 aromatic heterocycles. The van der Waals surface area contributed by atoms with Crippen molar-refractivity contribution in [2.24, 2.45) is 0 Å². The number of likely N-dealkylation sites (N-methyl/N-ethyl adjacent to an activating group) is 1. The van der Waals surface area contributed by atoms with Gasteiger partial charge in [-0.25, -0.2) is 4.39 Å². The van der Waals surface area contributed by atoms with Crippen molar-refractivity contribution in [3.8, 4) is 12.8 Å². The smallest absolute Gasteiger partial charge is 0.255 e. The summed E-state index contributed by atoms with van der Waals surface area (Å²) in [7, 11) is 1.56. The second-order valence-corrected chi connectivity index (χ2v) is 6.85. The standard InChI is InChI=1S/C25H23FN2O3.C2H2/c1-17(24(29)27-2)23(31-16-18-6-4-3-5-7-18)19-10-14-22(15-11-19)28-25(30)20-8-12-21(26)13-9-20;1-2/h3-15H,16H2,1-2H3,(H,27,29)(H,28,30);1-2H/b23-17+;. The van der Waals surface area contributed by atoms with Crippen molar-refractivity contribution in [2.45, 2.75) is 13.5 Å². The number of terminal acetylenes is 1. The van der Waals surface area contributed by atoms with E-state index in [1.165, 1.54) is 24.3 Å². The molecular formula is C27H25FN2O3. The fraction of sp³-hybridized carbons (Fsp3) is 0.111. The van der Waals surface area contributed by atoms with Crippen LogP contribution in [0.2, 0.25) is 0 Å². The molecule has 3 rings (SSSR count). The fourth-order valence-corrected chi connectivity index (χ4v) is 2.94. The SMILES string of the molecule is C#C.CNC(=O)/C(C)=C(/OCc1ccccc1)c1ccc(NC(=O)c2ccc(F)cc2)cc1. The lowest BCUT2D eigenvalue weighted by Crippen LogP contribution is -2.20. The van der Waals surface area contributed by atoms with Crippen LogP contribution in [-0.2, 0) is 16.1 Å². The monoisotopic (exact) mass is 444 g/mol. The Hall–Kier alpha value is -4.37. The largest absolute Gasteiger partial charge is 0.488 e. The summed E-state index contributed by atoms with van der Waals surface area (Å²) in [5.41, 5.74) is 3.05. The maximum absolute atomic E-state index is 13.0. The highest BCUT2D eigenvalue weighted by atomic mass is 19.1. The molecule has 0 heterocycles. The molecule has 0 spiro atoms. The second-order valence-electron chi connectivity index (χ2n) is 6.85. The van der Waals surface area contributed by atoms with E-state index in [0.717, 1.165) is 5.56 Å². The first-order chi connectivity index (χ1) is 16.0. The molecule has 2 amide bonds. The van der Waals surface area contributed by atoms with E-state index in [4.69, 9.17) is 4.74 Å². The Bertz CT molecular complexity index is 1120. The molecule has 5 nitrogen and oxygen atoms in total. The summed E-state index contributed by atoms with van der Waals surface area (Å²) in [5, 5.41) is 5.38. The molecule has 0 aliphatic heterocycles. The molecule has 2 N–H and O–H groups in total. The van der Waals surface area contributed by atoms with E-state index in [2.05, 4.69) is 23.5 Å². The topological polar surface area (TPSA) is 67.4 Å². The first-order valence-corrected chi connectivity index (χ1v) is 10.1. The van der Waals surface area contributed by atoms with Crippen LogP contribution in [0.15, 0.2) is 84.4 Å². The minimum atomic E-state index is -0.401. The van der Waals surface area contributed by atoms with Gasteiger partial charge >= 0.3 is 0 Å². The zero-order valence-corrected chi connectivity index (χ0v) is 18.5. The molecule has 0 bridgehead atoms. The quantitative estimate of drug-likeness (QED) is 0.305. The molecule has 3 aromatic rings. The number of carbonyl (C=O) groups is 2. The lowest BCUT2D eigenvalue weighted by molar-refractivity contribution is -0.117. The van der Waals surface area contributed by atoms with Crippen LogP contribution in [0.4, 0.5) is 10.1 Å². The predicted molar refractivity (Wildman–Crippen MR) is 129 cm³/mol. The van der Waals surface area contributed by atoms with Crippen LogP contribution in [0.1, 0.15) is 28.4 Å². The van der Waals surface area contributed by atoms with Crippen LogP contribution >= 0.6 is 0 Å². The Kier molecular flexibility index (Phi) is 9.41. The Morgan fingerprint density at radius 2 is 1.45 bits per heavy atom. The third-order valence-corrected chi connectivity index (χ3v) is 4.65. The fourth-order valence-electron chi connectivity index (χ4n) is 2.94. The van der Waals surface area contributed by atoms with Crippen molar-refractivity contribution in [3.63, 3.8) is 0 Å². The number of amides is 2. The lowest BCUT2D eigenvalue weighted by atomic mass is 10.1. The number of hydrogen-bond donors (Lipinski definition) is 2. The molecule has 0 saturated heterocycles. The summed E-state index contributed by atoms with van der Waals surface area (Å²) >= 11 is 0. The van der Waals surface area contributed by atoms with Crippen molar-refractivity contribution in [1.82, 2.24) is 5.32 Å². The molecule has 168 valence electrons. The number of hydrogen-bond acceptors (Lipinski definition) is 3. The number of anilines is 1. The number of ether oxygens (including phenoxy) is 1. The highest BCUT2D eigenvalue weighted by molar-refractivity contribution is 6.04. The van der Waals surface area contributed by atoms with Gasteiger partial charge in [-0.15, -0.1) is 12.8 Å². The van der Waals surface area contributed by atoms with E-state index in [9.17, 15) is 14.0 Å². The summed E-state index contributed by atoms with van der Waals surface area (Å²) < 4.78 is 19.0. The molecule has 0 saturated carbocycles. The molecule has 33 heavy (non-hydrogen) atoms. The van der Waals surface area contributed by atoms with Gasteiger partial charge in [0.2, 0.25) is 5.91 Å². The maximum Gasteiger partial charge on any atom is 0.255 e. The molecule has 0 unspecified atom stereocenters. The zero-order chi connectivity index (χ0) is 24.2. The molecule has 0 atom stereocenters. The van der Waals surface area contributed by atoms with E-state index in [1.54, 1.807) is 38.2 Å². The lowest BCUT2D eigenvalue weighted by Gasteiger charge is -2.15. The molecule has 0 radical (unpaired) electrons. The Morgan fingerprint density at radius 1 is 0.879 bits per heavy atom. The van der Waals surface area contributed by atoms with Gasteiger partial charge in [0.25, 0.3) is 5.91 Å². The molecule has 0 fully saturated rings. The average molecular weight is 445 g/mol. The van der Waals surface area contributed by atoms with Crippen molar-refractivity contribution >= 4 is 23.3 Å². The Labute approximate surface area is 193 Å². The summed E-state index contributed by atoms with van der Waals surface area (Å²) in [5.74, 6) is -0.524. The van der Waals surface area contributed by atoms with Crippen LogP contribution < -0.4 is 10.6 Å². The summed E-state index contributed by atoms with van der Waals surface area (Å²) in [6.07, 6.45) is 8.00. The van der Waals surface area contributed by atoms with Crippen molar-refractivity contribution in [2.75, 3.05) is 12.4 Å². The average Bonchev–Trinajstić information content (AvgIpc) is 2.86. The third-order valence-electron chi connectivity index (χ3n) is 4.65. The molecule has 0 aliphatic rings. The van der Waals surface area contributed by atoms with Gasteiger partial charge in [0.05, 0.1) is 5.57 Å². The van der Waals surface area contributed by atoms with Gasteiger partial charge in [-0.1, -0.05) is 30.3 Å². The van der Waals surface area contributed by atoms with Crippen LogP contribution in [-0.4, -0.2) is 18.9 Å². The highest BCUT2D eigenvalue weighted by Gasteiger charge is 2.14. The first-order valence-electron chi connectivity index (χ1n) is 10.1. The van der Waals surface area contributed by atoms with Crippen molar-refractivity contribution in [3.05, 3.63) is 107 Å². The van der Waals surface area contributed by atoms with E-state index in [1.807, 2.05) is 30.3 Å². The normalized spacial score (nSPS) is 10.7. The maximum atomic E-state index is 13.0. The Balaban J connectivity index is 0.00000187. The van der Waals surface area contributed by atoms with Gasteiger partial charge in [0.1, 0.15) is 18.2 Å². The van der Waals surface area contributed by atoms with Crippen LogP contribution in [0.3, 0.4) is 0 Å². The van der Waals surface area contributed by atoms with E-state index in [0.29, 0.717) is 34.8 Å². The first kappa shape index (κ1) is 24.9. The van der Waals surface area contributed by atoms with Crippen molar-refractivity contribution < 1.29 is 18.7 Å². The molecule has 0 aliphatic carbocycles. The number of carbonyl (C=O) groups excluding carboxylic acids is 2. The van der Waals surface area contributed by atoms with Gasteiger partial charge in [-0.3, -0.25) is 9.59 Å². The molecular weight excluding hydrogens is 419 g/mol. The van der Waals surface area contributed by atoms with Crippen LogP contribution in [0, 0.1) is 18.7 Å². The summed E-state index contributed by atoms with van der Waals surface area (Å²) in [6.45, 7) is 2.01. The minimum absolute atomic E-state index is 0.239. The summed E-state index contributed by atoms with van der Waals surface area (Å²) in [6, 6.07) is 22.0. The Morgan fingerprint density at radius 3 is 2.03 bits per heavy atom. The van der Waals surface area contributed by atoms with E-state index in [-0.39, 0.29) is 11.8 Å². The van der Waals surface area contributed by atoms with Gasteiger partial charge < -0.3 is 15.4 Å². The van der Waals surface area contributed by atoms with Crippen LogP contribution in [0.25, 0.3) is 5.76 Å². The molecule has 3 aromatic carbocycles. The van der Waals surface area contributed by atoms with Crippen molar-refractivity contribution in [1.29, 1.82) is 0 Å². The van der Waals surface area contributed by atoms with Gasteiger partial charge in [-0.05, 0) is 61.0 Å². The highest BCUT2D eigenvalue weighted by Crippen LogP contribution is 2.24. The van der Waals surface area contributed by atoms with Gasteiger partial charge in [0, 0.05) is 23.9 Å². The number of halogens is 1. The van der Waals surface area contributed by atoms with E-state index >= 15 is 0 Å². The number of benzene rings is 3. The zero-order valence-electron chi connectivity index (χ0n) is 18.5. The predicted octanol–water partition coefficient (Wildman–Crippen LogP) is 5.02. The summed E-state index contributed by atoms with van der Waals surface area (Å²) in [4.78, 5) is 24.5. The van der Waals surface area contributed by atoms with Gasteiger partial charge in [-0.2, -0.15) is 0 Å². The second kappa shape index (κ2) is 12.5. The van der Waals surface area contributed by atoms with E-state index < -0.39 is 5.82 Å². The number of rotatable bonds is 7. The molecule has 6 heteroatoms.